The summed E-state index contributed by atoms with van der Waals surface area (Å²) in [7, 11) is 1.81. The molecule has 1 aliphatic heterocycles. The van der Waals surface area contributed by atoms with Crippen molar-refractivity contribution in [1.82, 2.24) is 15.1 Å². The Labute approximate surface area is 145 Å². The number of benzene rings is 2. The van der Waals surface area contributed by atoms with Crippen LogP contribution in [-0.4, -0.2) is 34.2 Å². The van der Waals surface area contributed by atoms with Crippen LogP contribution in [0.4, 0.5) is 5.69 Å². The molecule has 25 heavy (non-hydrogen) atoms. The largest absolute Gasteiger partial charge is 0.340 e. The minimum absolute atomic E-state index is 0.0958. The molecule has 3 aromatic rings. The molecule has 1 atom stereocenters. The van der Waals surface area contributed by atoms with Crippen molar-refractivity contribution < 1.29 is 9.59 Å². The summed E-state index contributed by atoms with van der Waals surface area (Å²) in [6, 6.07) is 12.8. The van der Waals surface area contributed by atoms with Gasteiger partial charge in [-0.05, 0) is 23.3 Å². The van der Waals surface area contributed by atoms with E-state index in [2.05, 4.69) is 10.4 Å². The molecule has 6 heteroatoms. The van der Waals surface area contributed by atoms with Gasteiger partial charge in [-0.15, -0.1) is 0 Å². The summed E-state index contributed by atoms with van der Waals surface area (Å²) >= 11 is 0. The molecule has 0 aliphatic carbocycles. The molecule has 0 saturated carbocycles. The number of aryl methyl sites for hydroxylation is 1. The van der Waals surface area contributed by atoms with Gasteiger partial charge in [0.15, 0.2) is 0 Å². The molecular formula is C19H18N4O2. The molecule has 0 bridgehead atoms. The van der Waals surface area contributed by atoms with Crippen molar-refractivity contribution in [3.63, 3.8) is 0 Å². The molecule has 1 aliphatic rings. The molecule has 2 heterocycles. The molecule has 0 spiro atoms. The Kier molecular flexibility index (Phi) is 3.72. The SMILES string of the molecule is Cn1cc(N2CC[C@@H](NC(=O)c3cccc4ccccc34)C2=O)cn1. The number of hydrogen-bond acceptors (Lipinski definition) is 3. The molecule has 1 saturated heterocycles. The van der Waals surface area contributed by atoms with E-state index in [-0.39, 0.29) is 11.8 Å². The molecule has 1 fully saturated rings. The standard InChI is InChI=1S/C19H18N4O2/c1-22-12-14(11-20-22)23-10-9-17(19(23)25)21-18(24)16-8-4-6-13-5-2-3-7-15(13)16/h2-8,11-12,17H,9-10H2,1H3,(H,21,24)/t17-/m1/s1. The third-order valence-corrected chi connectivity index (χ3v) is 4.55. The predicted molar refractivity (Wildman–Crippen MR) is 95.4 cm³/mol. The topological polar surface area (TPSA) is 67.2 Å². The van der Waals surface area contributed by atoms with Gasteiger partial charge in [-0.1, -0.05) is 36.4 Å². The Morgan fingerprint density at radius 1 is 1.20 bits per heavy atom. The number of carbonyl (C=O) groups excluding carboxylic acids is 2. The monoisotopic (exact) mass is 334 g/mol. The highest BCUT2D eigenvalue weighted by molar-refractivity contribution is 6.09. The number of amides is 2. The predicted octanol–water partition coefficient (Wildman–Crippen LogP) is 2.11. The van der Waals surface area contributed by atoms with Crippen LogP contribution in [0.15, 0.2) is 54.9 Å². The fraction of sp³-hybridized carbons (Fsp3) is 0.211. The van der Waals surface area contributed by atoms with E-state index >= 15 is 0 Å². The lowest BCUT2D eigenvalue weighted by atomic mass is 10.0. The number of hydrogen-bond donors (Lipinski definition) is 1. The highest BCUT2D eigenvalue weighted by Crippen LogP contribution is 2.22. The molecule has 6 nitrogen and oxygen atoms in total. The first-order valence-corrected chi connectivity index (χ1v) is 8.22. The fourth-order valence-electron chi connectivity index (χ4n) is 3.28. The van der Waals surface area contributed by atoms with Crippen LogP contribution in [0.25, 0.3) is 10.8 Å². The maximum absolute atomic E-state index is 12.7. The van der Waals surface area contributed by atoms with E-state index in [4.69, 9.17) is 0 Å². The first kappa shape index (κ1) is 15.4. The molecule has 2 amide bonds. The van der Waals surface area contributed by atoms with E-state index < -0.39 is 6.04 Å². The highest BCUT2D eigenvalue weighted by Gasteiger charge is 2.34. The minimum Gasteiger partial charge on any atom is -0.340 e. The molecule has 4 rings (SSSR count). The zero-order valence-corrected chi connectivity index (χ0v) is 13.8. The molecule has 0 radical (unpaired) electrons. The Morgan fingerprint density at radius 3 is 2.80 bits per heavy atom. The van der Waals surface area contributed by atoms with Gasteiger partial charge in [0.05, 0.1) is 11.9 Å². The quantitative estimate of drug-likeness (QED) is 0.798. The summed E-state index contributed by atoms with van der Waals surface area (Å²) < 4.78 is 1.66. The van der Waals surface area contributed by atoms with E-state index in [0.717, 1.165) is 16.5 Å². The lowest BCUT2D eigenvalue weighted by Crippen LogP contribution is -2.41. The van der Waals surface area contributed by atoms with E-state index in [1.807, 2.05) is 43.4 Å². The Bertz CT molecular complexity index is 957. The van der Waals surface area contributed by atoms with Gasteiger partial charge in [-0.2, -0.15) is 5.10 Å². The minimum atomic E-state index is -0.508. The van der Waals surface area contributed by atoms with Crippen molar-refractivity contribution >= 4 is 28.3 Å². The zero-order chi connectivity index (χ0) is 17.4. The van der Waals surface area contributed by atoms with Crippen molar-refractivity contribution in [2.45, 2.75) is 12.5 Å². The van der Waals surface area contributed by atoms with Crippen molar-refractivity contribution in [2.75, 3.05) is 11.4 Å². The van der Waals surface area contributed by atoms with Crippen LogP contribution in [0, 0.1) is 0 Å². The number of nitrogens with one attached hydrogen (secondary N) is 1. The fourth-order valence-corrected chi connectivity index (χ4v) is 3.28. The van der Waals surface area contributed by atoms with Crippen LogP contribution in [0.2, 0.25) is 0 Å². The Hall–Kier alpha value is -3.15. The lowest BCUT2D eigenvalue weighted by Gasteiger charge is -2.15. The van der Waals surface area contributed by atoms with E-state index in [0.29, 0.717) is 18.5 Å². The van der Waals surface area contributed by atoms with E-state index in [1.54, 1.807) is 28.0 Å². The van der Waals surface area contributed by atoms with Crippen molar-refractivity contribution in [3.8, 4) is 0 Å². The Balaban J connectivity index is 1.54. The molecule has 0 unspecified atom stereocenters. The smallest absolute Gasteiger partial charge is 0.252 e. The van der Waals surface area contributed by atoms with Gasteiger partial charge >= 0.3 is 0 Å². The van der Waals surface area contributed by atoms with Gasteiger partial charge < -0.3 is 10.2 Å². The molecule has 1 aromatic heterocycles. The van der Waals surface area contributed by atoms with Crippen LogP contribution >= 0.6 is 0 Å². The van der Waals surface area contributed by atoms with Gasteiger partial charge in [-0.3, -0.25) is 14.3 Å². The molecule has 126 valence electrons. The second-order valence-electron chi connectivity index (χ2n) is 6.20. The van der Waals surface area contributed by atoms with Gasteiger partial charge in [-0.25, -0.2) is 0 Å². The first-order chi connectivity index (χ1) is 12.1. The van der Waals surface area contributed by atoms with Gasteiger partial charge in [0, 0.05) is 25.4 Å². The molecule has 1 N–H and O–H groups in total. The summed E-state index contributed by atoms with van der Waals surface area (Å²) in [5.74, 6) is -0.315. The Morgan fingerprint density at radius 2 is 2.00 bits per heavy atom. The van der Waals surface area contributed by atoms with Crippen LogP contribution in [0.1, 0.15) is 16.8 Å². The second-order valence-corrected chi connectivity index (χ2v) is 6.20. The van der Waals surface area contributed by atoms with Crippen LogP contribution < -0.4 is 10.2 Å². The van der Waals surface area contributed by atoms with Crippen molar-refractivity contribution in [1.29, 1.82) is 0 Å². The lowest BCUT2D eigenvalue weighted by molar-refractivity contribution is -0.118. The number of carbonyl (C=O) groups is 2. The molecular weight excluding hydrogens is 316 g/mol. The highest BCUT2D eigenvalue weighted by atomic mass is 16.2. The maximum Gasteiger partial charge on any atom is 0.252 e. The summed E-state index contributed by atoms with van der Waals surface area (Å²) in [6.07, 6.45) is 4.05. The zero-order valence-electron chi connectivity index (χ0n) is 13.8. The van der Waals surface area contributed by atoms with Crippen molar-refractivity contribution in [2.24, 2.45) is 7.05 Å². The van der Waals surface area contributed by atoms with Crippen molar-refractivity contribution in [3.05, 3.63) is 60.4 Å². The van der Waals surface area contributed by atoms with E-state index in [9.17, 15) is 9.59 Å². The number of rotatable bonds is 3. The maximum atomic E-state index is 12.7. The first-order valence-electron chi connectivity index (χ1n) is 8.22. The number of anilines is 1. The van der Waals surface area contributed by atoms with E-state index in [1.165, 1.54) is 0 Å². The third kappa shape index (κ3) is 2.76. The summed E-state index contributed by atoms with van der Waals surface area (Å²) in [4.78, 5) is 27.0. The molecule has 2 aromatic carbocycles. The van der Waals surface area contributed by atoms with Crippen LogP contribution in [0.3, 0.4) is 0 Å². The second kappa shape index (κ2) is 6.05. The van der Waals surface area contributed by atoms with Crippen LogP contribution in [0.5, 0.6) is 0 Å². The van der Waals surface area contributed by atoms with Gasteiger partial charge in [0.25, 0.3) is 5.91 Å². The summed E-state index contributed by atoms with van der Waals surface area (Å²) in [5, 5.41) is 8.88. The normalized spacial score (nSPS) is 17.2. The number of nitrogens with zero attached hydrogens (tertiary/aromatic N) is 3. The number of aromatic nitrogens is 2. The number of fused-ring (bicyclic) bond motifs is 1. The average Bonchev–Trinajstić information content (AvgIpc) is 3.20. The third-order valence-electron chi connectivity index (χ3n) is 4.55. The van der Waals surface area contributed by atoms with Crippen LogP contribution in [-0.2, 0) is 11.8 Å². The average molecular weight is 334 g/mol. The van der Waals surface area contributed by atoms with Gasteiger partial charge in [0.1, 0.15) is 6.04 Å². The summed E-state index contributed by atoms with van der Waals surface area (Å²) in [6.45, 7) is 0.574. The van der Waals surface area contributed by atoms with Gasteiger partial charge in [0.2, 0.25) is 5.91 Å². The summed E-state index contributed by atoms with van der Waals surface area (Å²) in [5.41, 5.74) is 1.35.